The Hall–Kier alpha value is -0.820. The molecule has 0 heterocycles. The number of halogens is 1. The van der Waals surface area contributed by atoms with Crippen molar-refractivity contribution < 1.29 is 4.79 Å². The van der Waals surface area contributed by atoms with Gasteiger partial charge in [-0.05, 0) is 41.8 Å². The topological polar surface area (TPSA) is 17.1 Å². The maximum Gasteiger partial charge on any atom is 0.221 e. The van der Waals surface area contributed by atoms with Gasteiger partial charge in [-0.1, -0.05) is 30.3 Å². The van der Waals surface area contributed by atoms with Crippen LogP contribution >= 0.6 is 11.6 Å². The van der Waals surface area contributed by atoms with Crippen LogP contribution in [0.25, 0.3) is 0 Å². The Bertz CT molecular complexity index is 320. The Labute approximate surface area is 89.1 Å². The molecule has 0 bridgehead atoms. The SMILES string of the molecule is O=C(Cl)CC[C@H]1C[C@H]1c1ccccc1. The number of carbonyl (C=O) groups is 1. The quantitative estimate of drug-likeness (QED) is 0.694. The molecule has 2 rings (SSSR count). The molecule has 0 unspecified atom stereocenters. The van der Waals surface area contributed by atoms with Gasteiger partial charge in [-0.15, -0.1) is 0 Å². The minimum atomic E-state index is -0.205. The van der Waals surface area contributed by atoms with E-state index in [-0.39, 0.29) is 5.24 Å². The van der Waals surface area contributed by atoms with Gasteiger partial charge in [0, 0.05) is 6.42 Å². The zero-order valence-electron chi connectivity index (χ0n) is 7.95. The number of rotatable bonds is 4. The first-order valence-corrected chi connectivity index (χ1v) is 5.38. The highest BCUT2D eigenvalue weighted by atomic mass is 35.5. The van der Waals surface area contributed by atoms with E-state index >= 15 is 0 Å². The van der Waals surface area contributed by atoms with Gasteiger partial charge in [0.25, 0.3) is 0 Å². The molecule has 0 radical (unpaired) electrons. The van der Waals surface area contributed by atoms with Crippen LogP contribution in [0.5, 0.6) is 0 Å². The van der Waals surface area contributed by atoms with Crippen molar-refractivity contribution in [3.8, 4) is 0 Å². The van der Waals surface area contributed by atoms with E-state index in [4.69, 9.17) is 11.6 Å². The van der Waals surface area contributed by atoms with Gasteiger partial charge < -0.3 is 0 Å². The highest BCUT2D eigenvalue weighted by Crippen LogP contribution is 2.49. The van der Waals surface area contributed by atoms with E-state index < -0.39 is 0 Å². The standard InChI is InChI=1S/C12H13ClO/c13-12(14)7-6-10-8-11(10)9-4-2-1-3-5-9/h1-5,10-11H,6-8H2/t10-,11-/m0/s1. The van der Waals surface area contributed by atoms with Gasteiger partial charge in [-0.3, -0.25) is 4.79 Å². The Balaban J connectivity index is 1.85. The van der Waals surface area contributed by atoms with E-state index in [0.717, 1.165) is 6.42 Å². The van der Waals surface area contributed by atoms with Crippen LogP contribution in [0.15, 0.2) is 30.3 Å². The summed E-state index contributed by atoms with van der Waals surface area (Å²) in [7, 11) is 0. The van der Waals surface area contributed by atoms with Crippen LogP contribution in [-0.4, -0.2) is 5.24 Å². The van der Waals surface area contributed by atoms with Crippen LogP contribution in [0.3, 0.4) is 0 Å². The third-order valence-corrected chi connectivity index (χ3v) is 3.05. The first-order valence-electron chi connectivity index (χ1n) is 5.00. The molecule has 1 nitrogen and oxygen atoms in total. The molecular formula is C12H13ClO. The molecule has 0 amide bonds. The fraction of sp³-hybridized carbons (Fsp3) is 0.417. The Morgan fingerprint density at radius 2 is 2.07 bits per heavy atom. The van der Waals surface area contributed by atoms with Crippen LogP contribution < -0.4 is 0 Å². The number of hydrogen-bond acceptors (Lipinski definition) is 1. The third-order valence-electron chi connectivity index (χ3n) is 2.86. The van der Waals surface area contributed by atoms with Crippen molar-refractivity contribution >= 4 is 16.8 Å². The van der Waals surface area contributed by atoms with Crippen molar-refractivity contribution in [1.82, 2.24) is 0 Å². The predicted molar refractivity (Wildman–Crippen MR) is 57.4 cm³/mol. The summed E-state index contributed by atoms with van der Waals surface area (Å²) in [6.45, 7) is 0. The average Bonchev–Trinajstić information content (AvgIpc) is 2.95. The third kappa shape index (κ3) is 2.36. The maximum atomic E-state index is 10.6. The van der Waals surface area contributed by atoms with Crippen LogP contribution in [0.2, 0.25) is 0 Å². The van der Waals surface area contributed by atoms with Gasteiger partial charge in [-0.25, -0.2) is 0 Å². The second kappa shape index (κ2) is 4.14. The molecule has 1 fully saturated rings. The maximum absolute atomic E-state index is 10.6. The summed E-state index contributed by atoms with van der Waals surface area (Å²) in [6.07, 6.45) is 2.69. The molecule has 74 valence electrons. The van der Waals surface area contributed by atoms with Crippen molar-refractivity contribution in [3.63, 3.8) is 0 Å². The Kier molecular flexibility index (Phi) is 2.87. The van der Waals surface area contributed by atoms with Crippen molar-refractivity contribution in [2.24, 2.45) is 5.92 Å². The number of benzene rings is 1. The molecule has 0 aromatic heterocycles. The van der Waals surface area contributed by atoms with Gasteiger partial charge in [0.05, 0.1) is 0 Å². The molecule has 14 heavy (non-hydrogen) atoms. The largest absolute Gasteiger partial charge is 0.281 e. The molecule has 1 aliphatic rings. The van der Waals surface area contributed by atoms with Crippen molar-refractivity contribution in [1.29, 1.82) is 0 Å². The van der Waals surface area contributed by atoms with E-state index in [9.17, 15) is 4.79 Å². The first kappa shape index (κ1) is 9.72. The molecule has 0 aliphatic heterocycles. The molecular weight excluding hydrogens is 196 g/mol. The Morgan fingerprint density at radius 1 is 1.36 bits per heavy atom. The molecule has 2 heteroatoms. The molecule has 1 aliphatic carbocycles. The summed E-state index contributed by atoms with van der Waals surface area (Å²) in [6, 6.07) is 10.5. The van der Waals surface area contributed by atoms with Crippen molar-refractivity contribution in [3.05, 3.63) is 35.9 Å². The normalized spacial score (nSPS) is 24.6. The number of carbonyl (C=O) groups excluding carboxylic acids is 1. The summed E-state index contributed by atoms with van der Waals surface area (Å²) in [4.78, 5) is 10.6. The average molecular weight is 209 g/mol. The lowest BCUT2D eigenvalue weighted by Gasteiger charge is -1.98. The number of hydrogen-bond donors (Lipinski definition) is 0. The van der Waals surface area contributed by atoms with Gasteiger partial charge in [0.15, 0.2) is 0 Å². The molecule has 1 saturated carbocycles. The van der Waals surface area contributed by atoms with E-state index in [0.29, 0.717) is 18.3 Å². The molecule has 0 saturated heterocycles. The Morgan fingerprint density at radius 3 is 2.71 bits per heavy atom. The van der Waals surface area contributed by atoms with Crippen LogP contribution in [0, 0.1) is 5.92 Å². The molecule has 0 N–H and O–H groups in total. The van der Waals surface area contributed by atoms with Crippen molar-refractivity contribution in [2.75, 3.05) is 0 Å². The summed E-state index contributed by atoms with van der Waals surface area (Å²) in [5.41, 5.74) is 1.40. The highest BCUT2D eigenvalue weighted by Gasteiger charge is 2.37. The van der Waals surface area contributed by atoms with Gasteiger partial charge in [0.2, 0.25) is 5.24 Å². The smallest absolute Gasteiger partial charge is 0.221 e. The lowest BCUT2D eigenvalue weighted by Crippen LogP contribution is -1.89. The second-order valence-corrected chi connectivity index (χ2v) is 4.33. The minimum Gasteiger partial charge on any atom is -0.281 e. The lowest BCUT2D eigenvalue weighted by atomic mass is 10.1. The van der Waals surface area contributed by atoms with Crippen LogP contribution in [0.1, 0.15) is 30.7 Å². The molecule has 1 aromatic carbocycles. The fourth-order valence-corrected chi connectivity index (χ4v) is 2.08. The van der Waals surface area contributed by atoms with E-state index in [2.05, 4.69) is 24.3 Å². The zero-order chi connectivity index (χ0) is 9.97. The monoisotopic (exact) mass is 208 g/mol. The highest BCUT2D eigenvalue weighted by molar-refractivity contribution is 6.63. The second-order valence-electron chi connectivity index (χ2n) is 3.91. The van der Waals surface area contributed by atoms with E-state index in [1.54, 1.807) is 0 Å². The lowest BCUT2D eigenvalue weighted by molar-refractivity contribution is -0.111. The van der Waals surface area contributed by atoms with Gasteiger partial charge in [0.1, 0.15) is 0 Å². The van der Waals surface area contributed by atoms with Gasteiger partial charge in [-0.2, -0.15) is 0 Å². The molecule has 2 atom stereocenters. The fourth-order valence-electron chi connectivity index (χ4n) is 1.97. The van der Waals surface area contributed by atoms with Gasteiger partial charge >= 0.3 is 0 Å². The summed E-state index contributed by atoms with van der Waals surface area (Å²) >= 11 is 5.30. The van der Waals surface area contributed by atoms with Crippen LogP contribution in [0.4, 0.5) is 0 Å². The van der Waals surface area contributed by atoms with E-state index in [1.807, 2.05) is 6.07 Å². The minimum absolute atomic E-state index is 0.205. The summed E-state index contributed by atoms with van der Waals surface area (Å²) in [5, 5.41) is -0.205. The molecule has 1 aromatic rings. The van der Waals surface area contributed by atoms with E-state index in [1.165, 1.54) is 12.0 Å². The zero-order valence-corrected chi connectivity index (χ0v) is 8.70. The first-order chi connectivity index (χ1) is 6.77. The summed E-state index contributed by atoms with van der Waals surface area (Å²) < 4.78 is 0. The summed E-state index contributed by atoms with van der Waals surface area (Å²) in [5.74, 6) is 1.35. The van der Waals surface area contributed by atoms with Crippen molar-refractivity contribution in [2.45, 2.75) is 25.2 Å². The predicted octanol–water partition coefficient (Wildman–Crippen LogP) is 3.34. The van der Waals surface area contributed by atoms with Crippen LogP contribution in [-0.2, 0) is 4.79 Å². The molecule has 0 spiro atoms.